The number of hydrogen-bond acceptors (Lipinski definition) is 4. The smallest absolute Gasteiger partial charge is 0.402 e. The van der Waals surface area contributed by atoms with E-state index in [2.05, 4.69) is 27.7 Å². The van der Waals surface area contributed by atoms with Gasteiger partial charge in [-0.05, 0) is 56.7 Å². The summed E-state index contributed by atoms with van der Waals surface area (Å²) in [5.74, 6) is -0.0724. The van der Waals surface area contributed by atoms with Crippen LogP contribution in [0, 0.1) is 0 Å². The van der Waals surface area contributed by atoms with Crippen LogP contribution in [0.2, 0.25) is 21.7 Å². The number of carbonyl (C=O) groups excluding carboxylic acids is 1. The third-order valence-corrected chi connectivity index (χ3v) is 14.8. The molecule has 1 aliphatic carbocycles. The van der Waals surface area contributed by atoms with E-state index in [-0.39, 0.29) is 5.97 Å². The molecule has 1 saturated carbocycles. The molecule has 0 aromatic heterocycles. The van der Waals surface area contributed by atoms with Crippen LogP contribution in [0.3, 0.4) is 0 Å². The van der Waals surface area contributed by atoms with Crippen molar-refractivity contribution in [1.82, 2.24) is 0 Å². The fraction of sp³-hybridized carbons (Fsp3) is 0.950. The fourth-order valence-corrected chi connectivity index (χ4v) is 12.1. The van der Waals surface area contributed by atoms with Crippen LogP contribution < -0.4 is 0 Å². The van der Waals surface area contributed by atoms with Gasteiger partial charge in [0.05, 0.1) is 0 Å². The monoisotopic (exact) mass is 401 g/mol. The molecule has 1 fully saturated rings. The molecular weight excluding hydrogens is 360 g/mol. The summed E-state index contributed by atoms with van der Waals surface area (Å²) in [5, 5.41) is -0.669. The third kappa shape index (κ3) is 4.80. The van der Waals surface area contributed by atoms with E-state index in [1.807, 2.05) is 27.7 Å². The van der Waals surface area contributed by atoms with Gasteiger partial charge in [-0.3, -0.25) is 4.79 Å². The van der Waals surface area contributed by atoms with E-state index in [0.717, 1.165) is 0 Å². The zero-order chi connectivity index (χ0) is 20.0. The van der Waals surface area contributed by atoms with Crippen LogP contribution in [0.25, 0.3) is 0 Å². The predicted molar refractivity (Wildman–Crippen MR) is 112 cm³/mol. The molecule has 4 nitrogen and oxygen atoms in total. The van der Waals surface area contributed by atoms with Crippen LogP contribution in [0.15, 0.2) is 0 Å². The Morgan fingerprint density at radius 1 is 1.04 bits per heavy atom. The maximum Gasteiger partial charge on any atom is 0.402 e. The van der Waals surface area contributed by atoms with Gasteiger partial charge < -0.3 is 13.3 Å². The van der Waals surface area contributed by atoms with Crippen molar-refractivity contribution in [2.24, 2.45) is 0 Å². The standard InChI is InChI=1S/C20H41O4Si2/c1-9-20(8,25(22-10-2)23-11-3)19(21)24-26(16(4)5,17(6)7)18-14-12-13-15-18/h16-18H,9-15H2,1-8H3. The van der Waals surface area contributed by atoms with Crippen molar-refractivity contribution in [2.75, 3.05) is 13.2 Å². The van der Waals surface area contributed by atoms with E-state index in [4.69, 9.17) is 13.3 Å². The van der Waals surface area contributed by atoms with Crippen LogP contribution in [0.4, 0.5) is 0 Å². The highest BCUT2D eigenvalue weighted by molar-refractivity contribution is 6.79. The summed E-state index contributed by atoms with van der Waals surface area (Å²) in [6.45, 7) is 18.1. The van der Waals surface area contributed by atoms with Crippen LogP contribution in [-0.2, 0) is 18.1 Å². The number of carbonyl (C=O) groups is 1. The lowest BCUT2D eigenvalue weighted by molar-refractivity contribution is -0.140. The molecule has 1 unspecified atom stereocenters. The summed E-state index contributed by atoms with van der Waals surface area (Å²) in [6, 6.07) is 0. The first-order valence-electron chi connectivity index (χ1n) is 10.6. The molecule has 6 heteroatoms. The largest absolute Gasteiger partial charge is 0.518 e. The molecule has 1 atom stereocenters. The van der Waals surface area contributed by atoms with Gasteiger partial charge in [0.25, 0.3) is 14.3 Å². The Hall–Kier alpha value is -0.176. The first-order chi connectivity index (χ1) is 12.2. The van der Waals surface area contributed by atoms with Gasteiger partial charge in [-0.15, -0.1) is 0 Å². The van der Waals surface area contributed by atoms with Gasteiger partial charge in [-0.25, -0.2) is 0 Å². The maximum absolute atomic E-state index is 13.5. The summed E-state index contributed by atoms with van der Waals surface area (Å²) in [6.07, 6.45) is 5.66. The molecule has 0 bridgehead atoms. The first-order valence-corrected chi connectivity index (χ1v) is 14.0. The SMILES string of the molecule is CCO[Si](OCC)C(C)(CC)C(=O)O[Si](C(C)C)(C(C)C)C1CCCC1. The number of rotatable bonds is 11. The zero-order valence-electron chi connectivity index (χ0n) is 18.3. The van der Waals surface area contributed by atoms with Gasteiger partial charge in [0.1, 0.15) is 5.04 Å². The summed E-state index contributed by atoms with van der Waals surface area (Å²) in [7, 11) is -3.97. The Kier molecular flexibility index (Phi) is 9.54. The van der Waals surface area contributed by atoms with Gasteiger partial charge >= 0.3 is 9.28 Å². The molecule has 26 heavy (non-hydrogen) atoms. The van der Waals surface area contributed by atoms with Crippen molar-refractivity contribution < 1.29 is 18.1 Å². The lowest BCUT2D eigenvalue weighted by Gasteiger charge is -2.45. The second-order valence-electron chi connectivity index (χ2n) is 8.37. The third-order valence-electron chi connectivity index (χ3n) is 6.23. The van der Waals surface area contributed by atoms with Gasteiger partial charge in [0.15, 0.2) is 0 Å². The van der Waals surface area contributed by atoms with Crippen LogP contribution in [0.1, 0.15) is 87.5 Å². The van der Waals surface area contributed by atoms with Crippen LogP contribution >= 0.6 is 0 Å². The summed E-state index contributed by atoms with van der Waals surface area (Å²) < 4.78 is 18.5. The molecule has 0 saturated heterocycles. The molecular formula is C20H41O4Si2. The average molecular weight is 402 g/mol. The molecule has 1 radical (unpaired) electrons. The summed E-state index contributed by atoms with van der Waals surface area (Å²) >= 11 is 0. The minimum absolute atomic E-state index is 0.0724. The minimum Gasteiger partial charge on any atom is -0.518 e. The predicted octanol–water partition coefficient (Wildman–Crippen LogP) is 5.97. The molecule has 153 valence electrons. The van der Waals surface area contributed by atoms with E-state index < -0.39 is 22.6 Å². The Morgan fingerprint density at radius 3 is 1.85 bits per heavy atom. The molecule has 0 amide bonds. The molecule has 0 spiro atoms. The van der Waals surface area contributed by atoms with Gasteiger partial charge in [0, 0.05) is 13.2 Å². The van der Waals surface area contributed by atoms with Crippen molar-refractivity contribution in [3.8, 4) is 0 Å². The van der Waals surface area contributed by atoms with Crippen molar-refractivity contribution in [3.05, 3.63) is 0 Å². The van der Waals surface area contributed by atoms with Crippen LogP contribution in [-0.4, -0.2) is 36.8 Å². The van der Waals surface area contributed by atoms with Crippen LogP contribution in [0.5, 0.6) is 0 Å². The van der Waals surface area contributed by atoms with E-state index in [1.165, 1.54) is 25.7 Å². The average Bonchev–Trinajstić information content (AvgIpc) is 3.12. The molecule has 0 aromatic rings. The lowest BCUT2D eigenvalue weighted by Crippen LogP contribution is -2.54. The van der Waals surface area contributed by atoms with E-state index in [0.29, 0.717) is 36.3 Å². The topological polar surface area (TPSA) is 44.8 Å². The molecule has 1 aliphatic rings. The molecule has 0 heterocycles. The number of hydrogen-bond donors (Lipinski definition) is 0. The molecule has 0 aromatic carbocycles. The highest BCUT2D eigenvalue weighted by Crippen LogP contribution is 2.51. The highest BCUT2D eigenvalue weighted by Gasteiger charge is 2.56. The lowest BCUT2D eigenvalue weighted by atomic mass is 10.1. The maximum atomic E-state index is 13.5. The summed E-state index contributed by atoms with van der Waals surface area (Å²) in [4.78, 5) is 13.5. The Morgan fingerprint density at radius 2 is 1.50 bits per heavy atom. The van der Waals surface area contributed by atoms with E-state index in [9.17, 15) is 4.79 Å². The van der Waals surface area contributed by atoms with Crippen molar-refractivity contribution in [2.45, 2.75) is 109 Å². The Labute approximate surface area is 164 Å². The minimum atomic E-state index is -2.24. The van der Waals surface area contributed by atoms with E-state index in [1.54, 1.807) is 0 Å². The second kappa shape index (κ2) is 10.4. The van der Waals surface area contributed by atoms with Crippen molar-refractivity contribution >= 4 is 23.6 Å². The zero-order valence-corrected chi connectivity index (χ0v) is 20.3. The first kappa shape index (κ1) is 23.9. The van der Waals surface area contributed by atoms with Gasteiger partial charge in [-0.1, -0.05) is 47.5 Å². The van der Waals surface area contributed by atoms with Gasteiger partial charge in [0.2, 0.25) is 0 Å². The normalized spacial score (nSPS) is 18.7. The molecule has 1 rings (SSSR count). The Bertz CT molecular complexity index is 422. The Balaban J connectivity index is 3.20. The fourth-order valence-electron chi connectivity index (χ4n) is 4.57. The quantitative estimate of drug-likeness (QED) is 0.400. The molecule has 0 aliphatic heterocycles. The van der Waals surface area contributed by atoms with E-state index >= 15 is 0 Å². The second-order valence-corrected chi connectivity index (χ2v) is 15.7. The molecule has 0 N–H and O–H groups in total. The van der Waals surface area contributed by atoms with Crippen molar-refractivity contribution in [1.29, 1.82) is 0 Å². The summed E-state index contributed by atoms with van der Waals surface area (Å²) in [5.41, 5.74) is 1.43. The highest BCUT2D eigenvalue weighted by atomic mass is 28.4. The van der Waals surface area contributed by atoms with Gasteiger partial charge in [-0.2, -0.15) is 0 Å². The van der Waals surface area contributed by atoms with Crippen molar-refractivity contribution in [3.63, 3.8) is 0 Å².